The molecule has 0 saturated carbocycles. The molecule has 1 aromatic carbocycles. The van der Waals surface area contributed by atoms with Gasteiger partial charge in [-0.1, -0.05) is 50.6 Å². The van der Waals surface area contributed by atoms with Crippen molar-refractivity contribution in [1.82, 2.24) is 10.6 Å². The maximum absolute atomic E-state index is 12.0. The molecule has 0 saturated heterocycles. The number of carbonyl (C=O) groups excluding carboxylic acids is 3. The number of rotatable bonds is 8. The summed E-state index contributed by atoms with van der Waals surface area (Å²) in [6.45, 7) is 3.12. The van der Waals surface area contributed by atoms with Gasteiger partial charge in [0.25, 0.3) is 0 Å². The van der Waals surface area contributed by atoms with Gasteiger partial charge in [-0.3, -0.25) is 4.79 Å². The summed E-state index contributed by atoms with van der Waals surface area (Å²) >= 11 is 0. The molecule has 0 heterocycles. The molecular formula is C16H21N2O5-. The number of carboxylic acid groups (broad SMARTS) is 1. The van der Waals surface area contributed by atoms with Gasteiger partial charge in [0.1, 0.15) is 12.6 Å². The highest BCUT2D eigenvalue weighted by Gasteiger charge is 2.26. The number of carboxylic acids is 1. The molecule has 0 aliphatic heterocycles. The van der Waals surface area contributed by atoms with Crippen LogP contribution in [0.4, 0.5) is 4.79 Å². The molecule has 7 heteroatoms. The van der Waals surface area contributed by atoms with Crippen molar-refractivity contribution in [1.29, 1.82) is 0 Å². The van der Waals surface area contributed by atoms with Gasteiger partial charge in [-0.2, -0.15) is 0 Å². The maximum Gasteiger partial charge on any atom is 0.408 e. The molecule has 0 radical (unpaired) electrons. The Morgan fingerprint density at radius 2 is 1.87 bits per heavy atom. The fraction of sp³-hybridized carbons (Fsp3) is 0.438. The van der Waals surface area contributed by atoms with Crippen molar-refractivity contribution in [2.75, 3.05) is 6.54 Å². The van der Waals surface area contributed by atoms with Gasteiger partial charge < -0.3 is 25.3 Å². The van der Waals surface area contributed by atoms with E-state index in [9.17, 15) is 19.5 Å². The van der Waals surface area contributed by atoms with E-state index >= 15 is 0 Å². The predicted molar refractivity (Wildman–Crippen MR) is 81.0 cm³/mol. The van der Waals surface area contributed by atoms with E-state index in [1.807, 2.05) is 37.3 Å². The van der Waals surface area contributed by atoms with Gasteiger partial charge in [0.2, 0.25) is 5.91 Å². The average molecular weight is 321 g/mol. The molecule has 0 spiro atoms. The van der Waals surface area contributed by atoms with Crippen LogP contribution in [0.3, 0.4) is 0 Å². The maximum atomic E-state index is 12.0. The van der Waals surface area contributed by atoms with Crippen LogP contribution in [0.15, 0.2) is 30.3 Å². The first-order chi connectivity index (χ1) is 10.9. The normalized spacial score (nSPS) is 12.8. The molecule has 1 aromatic rings. The lowest BCUT2D eigenvalue weighted by Crippen LogP contribution is -2.52. The highest BCUT2D eigenvalue weighted by molar-refractivity contribution is 5.87. The summed E-state index contributed by atoms with van der Waals surface area (Å²) in [4.78, 5) is 34.2. The number of amides is 2. The van der Waals surface area contributed by atoms with Crippen molar-refractivity contribution in [2.24, 2.45) is 5.92 Å². The van der Waals surface area contributed by atoms with E-state index in [-0.39, 0.29) is 12.5 Å². The van der Waals surface area contributed by atoms with Crippen molar-refractivity contribution in [3.8, 4) is 0 Å². The Kier molecular flexibility index (Phi) is 7.59. The molecule has 2 atom stereocenters. The molecule has 1 rings (SSSR count). The van der Waals surface area contributed by atoms with Gasteiger partial charge in [0.05, 0.1) is 12.5 Å². The van der Waals surface area contributed by atoms with Crippen LogP contribution in [0.1, 0.15) is 25.8 Å². The van der Waals surface area contributed by atoms with Crippen LogP contribution in [-0.4, -0.2) is 30.6 Å². The second kappa shape index (κ2) is 9.45. The number of benzene rings is 1. The van der Waals surface area contributed by atoms with Crippen LogP contribution in [0.25, 0.3) is 0 Å². The lowest BCUT2D eigenvalue weighted by molar-refractivity contribution is -0.304. The zero-order valence-electron chi connectivity index (χ0n) is 13.2. The summed E-state index contributed by atoms with van der Waals surface area (Å²) in [6, 6.07) is 8.25. The molecule has 2 N–H and O–H groups in total. The van der Waals surface area contributed by atoms with Crippen LogP contribution in [0.2, 0.25) is 0 Å². The van der Waals surface area contributed by atoms with Gasteiger partial charge in [-0.25, -0.2) is 4.79 Å². The zero-order chi connectivity index (χ0) is 17.2. The number of alkyl carbamates (subject to hydrolysis) is 1. The zero-order valence-corrected chi connectivity index (χ0v) is 13.2. The minimum Gasteiger partial charge on any atom is -0.548 e. The standard InChI is InChI=1S/C16H22N2O5/c1-3-11(2)14(15(21)17-9-13(19)20)18-16(22)23-10-12-7-5-4-6-8-12/h4-8,11,14H,3,9-10H2,1-2H3,(H,17,21)(H,18,22)(H,19,20)/p-1/t11-,14+/m0/s1. The molecule has 7 nitrogen and oxygen atoms in total. The molecule has 126 valence electrons. The number of ether oxygens (including phenoxy) is 1. The third-order valence-electron chi connectivity index (χ3n) is 3.39. The van der Waals surface area contributed by atoms with E-state index in [0.717, 1.165) is 5.56 Å². The second-order valence-electron chi connectivity index (χ2n) is 5.16. The van der Waals surface area contributed by atoms with E-state index in [0.29, 0.717) is 6.42 Å². The number of hydrogen-bond acceptors (Lipinski definition) is 5. The SMILES string of the molecule is CC[C@H](C)[C@@H](NC(=O)OCc1ccccc1)C(=O)NCC(=O)[O-]. The molecule has 0 bridgehead atoms. The van der Waals surface area contributed by atoms with Crippen molar-refractivity contribution in [2.45, 2.75) is 32.9 Å². The van der Waals surface area contributed by atoms with Crippen molar-refractivity contribution >= 4 is 18.0 Å². The first kappa shape index (κ1) is 18.5. The Morgan fingerprint density at radius 1 is 1.22 bits per heavy atom. The number of hydrogen-bond donors (Lipinski definition) is 2. The lowest BCUT2D eigenvalue weighted by atomic mass is 9.98. The summed E-state index contributed by atoms with van der Waals surface area (Å²) < 4.78 is 5.07. The number of aliphatic carboxylic acids is 1. The van der Waals surface area contributed by atoms with E-state index in [4.69, 9.17) is 4.74 Å². The molecule has 2 amide bonds. The monoisotopic (exact) mass is 321 g/mol. The molecule has 0 fully saturated rings. The van der Waals surface area contributed by atoms with Gasteiger partial charge in [0.15, 0.2) is 0 Å². The van der Waals surface area contributed by atoms with Crippen LogP contribution < -0.4 is 15.7 Å². The molecule has 0 aromatic heterocycles. The Balaban J connectivity index is 2.56. The van der Waals surface area contributed by atoms with E-state index in [1.54, 1.807) is 6.92 Å². The minimum atomic E-state index is -1.40. The summed E-state index contributed by atoms with van der Waals surface area (Å²) in [7, 11) is 0. The van der Waals surface area contributed by atoms with Gasteiger partial charge in [0, 0.05) is 0 Å². The predicted octanol–water partition coefficient (Wildman–Crippen LogP) is 0.194. The Hall–Kier alpha value is -2.57. The molecule has 23 heavy (non-hydrogen) atoms. The van der Waals surface area contributed by atoms with Crippen LogP contribution >= 0.6 is 0 Å². The first-order valence-corrected chi connectivity index (χ1v) is 7.38. The number of nitrogens with one attached hydrogen (secondary N) is 2. The Labute approximate surface area is 135 Å². The fourth-order valence-electron chi connectivity index (χ4n) is 1.86. The van der Waals surface area contributed by atoms with Gasteiger partial charge >= 0.3 is 6.09 Å². The van der Waals surface area contributed by atoms with Crippen molar-refractivity contribution in [3.05, 3.63) is 35.9 Å². The second-order valence-corrected chi connectivity index (χ2v) is 5.16. The smallest absolute Gasteiger partial charge is 0.408 e. The third kappa shape index (κ3) is 6.82. The summed E-state index contributed by atoms with van der Waals surface area (Å²) in [5.74, 6) is -2.16. The third-order valence-corrected chi connectivity index (χ3v) is 3.39. The summed E-state index contributed by atoms with van der Waals surface area (Å²) in [5, 5.41) is 15.1. The van der Waals surface area contributed by atoms with Crippen LogP contribution in [-0.2, 0) is 20.9 Å². The molecule has 0 unspecified atom stereocenters. The van der Waals surface area contributed by atoms with Gasteiger partial charge in [-0.15, -0.1) is 0 Å². The topological polar surface area (TPSA) is 108 Å². The van der Waals surface area contributed by atoms with Crippen LogP contribution in [0.5, 0.6) is 0 Å². The minimum absolute atomic E-state index is 0.0839. The Morgan fingerprint density at radius 3 is 2.43 bits per heavy atom. The fourth-order valence-corrected chi connectivity index (χ4v) is 1.86. The van der Waals surface area contributed by atoms with Crippen LogP contribution in [0, 0.1) is 5.92 Å². The molecule has 0 aliphatic rings. The number of carbonyl (C=O) groups is 3. The van der Waals surface area contributed by atoms with Crippen molar-refractivity contribution < 1.29 is 24.2 Å². The van der Waals surface area contributed by atoms with Gasteiger partial charge in [-0.05, 0) is 11.5 Å². The first-order valence-electron chi connectivity index (χ1n) is 7.38. The highest BCUT2D eigenvalue weighted by Crippen LogP contribution is 2.09. The quantitative estimate of drug-likeness (QED) is 0.711. The van der Waals surface area contributed by atoms with Crippen molar-refractivity contribution in [3.63, 3.8) is 0 Å². The average Bonchev–Trinajstić information content (AvgIpc) is 2.55. The molecular weight excluding hydrogens is 300 g/mol. The largest absolute Gasteiger partial charge is 0.548 e. The van der Waals surface area contributed by atoms with E-state index in [2.05, 4.69) is 10.6 Å². The van der Waals surface area contributed by atoms with E-state index < -0.39 is 30.6 Å². The Bertz CT molecular complexity index is 533. The van der Waals surface area contributed by atoms with E-state index in [1.165, 1.54) is 0 Å². The summed E-state index contributed by atoms with van der Waals surface area (Å²) in [6.07, 6.45) is -0.106. The lowest BCUT2D eigenvalue weighted by Gasteiger charge is -2.23. The molecule has 0 aliphatic carbocycles. The summed E-state index contributed by atoms with van der Waals surface area (Å²) in [5.41, 5.74) is 0.823. The highest BCUT2D eigenvalue weighted by atomic mass is 16.5.